The fraction of sp³-hybridized carbons (Fsp3) is 0.583. The number of carbonyl (C=O) groups excluding carboxylic acids is 1. The minimum absolute atomic E-state index is 0.0163. The summed E-state index contributed by atoms with van der Waals surface area (Å²) < 4.78 is 5.38. The van der Waals surface area contributed by atoms with Gasteiger partial charge in [0.2, 0.25) is 0 Å². The third kappa shape index (κ3) is 4.77. The lowest BCUT2D eigenvalue weighted by molar-refractivity contribution is 0.0757. The highest BCUT2D eigenvalue weighted by molar-refractivity contribution is 7.13. The molecular formula is C12H19NO2S. The SMILES string of the molecule is Cc1ccc(C(=O)NCCCOC(C)C)s1. The van der Waals surface area contributed by atoms with E-state index < -0.39 is 0 Å². The third-order valence-corrected chi connectivity index (χ3v) is 3.02. The molecule has 0 aliphatic rings. The quantitative estimate of drug-likeness (QED) is 0.777. The Kier molecular flexibility index (Phi) is 5.49. The Labute approximate surface area is 101 Å². The summed E-state index contributed by atoms with van der Waals surface area (Å²) in [6.45, 7) is 7.38. The van der Waals surface area contributed by atoms with E-state index >= 15 is 0 Å². The van der Waals surface area contributed by atoms with Crippen LogP contribution in [-0.2, 0) is 4.74 Å². The van der Waals surface area contributed by atoms with E-state index in [4.69, 9.17) is 4.74 Å². The minimum atomic E-state index is 0.0163. The topological polar surface area (TPSA) is 38.3 Å². The van der Waals surface area contributed by atoms with Crippen LogP contribution in [0, 0.1) is 6.92 Å². The van der Waals surface area contributed by atoms with Crippen molar-refractivity contribution in [3.05, 3.63) is 21.9 Å². The summed E-state index contributed by atoms with van der Waals surface area (Å²) in [5.74, 6) is 0.0163. The largest absolute Gasteiger partial charge is 0.379 e. The van der Waals surface area contributed by atoms with Crippen LogP contribution < -0.4 is 5.32 Å². The number of ether oxygens (including phenoxy) is 1. The van der Waals surface area contributed by atoms with Crippen LogP contribution in [0.4, 0.5) is 0 Å². The number of carbonyl (C=O) groups is 1. The Morgan fingerprint density at radius 2 is 2.25 bits per heavy atom. The molecule has 0 aromatic carbocycles. The first kappa shape index (κ1) is 13.2. The zero-order chi connectivity index (χ0) is 12.0. The Hall–Kier alpha value is -0.870. The van der Waals surface area contributed by atoms with Crippen molar-refractivity contribution in [3.8, 4) is 0 Å². The molecule has 1 aromatic heterocycles. The molecule has 90 valence electrons. The van der Waals surface area contributed by atoms with E-state index in [1.54, 1.807) is 0 Å². The van der Waals surface area contributed by atoms with Crippen molar-refractivity contribution in [3.63, 3.8) is 0 Å². The molecule has 1 aromatic rings. The number of amides is 1. The molecule has 0 radical (unpaired) electrons. The van der Waals surface area contributed by atoms with Crippen LogP contribution in [0.25, 0.3) is 0 Å². The lowest BCUT2D eigenvalue weighted by Crippen LogP contribution is -2.24. The Bertz CT molecular complexity index is 334. The Morgan fingerprint density at radius 3 is 2.81 bits per heavy atom. The highest BCUT2D eigenvalue weighted by atomic mass is 32.1. The van der Waals surface area contributed by atoms with E-state index in [0.29, 0.717) is 13.2 Å². The molecule has 1 heterocycles. The van der Waals surface area contributed by atoms with E-state index in [9.17, 15) is 4.79 Å². The van der Waals surface area contributed by atoms with Crippen molar-refractivity contribution in [1.29, 1.82) is 0 Å². The van der Waals surface area contributed by atoms with Crippen molar-refractivity contribution in [1.82, 2.24) is 5.32 Å². The maximum atomic E-state index is 11.6. The summed E-state index contributed by atoms with van der Waals surface area (Å²) in [4.78, 5) is 13.6. The van der Waals surface area contributed by atoms with E-state index in [-0.39, 0.29) is 12.0 Å². The summed E-state index contributed by atoms with van der Waals surface area (Å²) in [6.07, 6.45) is 1.12. The second kappa shape index (κ2) is 6.66. The van der Waals surface area contributed by atoms with Crippen LogP contribution in [0.15, 0.2) is 12.1 Å². The summed E-state index contributed by atoms with van der Waals surface area (Å²) in [6, 6.07) is 3.82. The Morgan fingerprint density at radius 1 is 1.50 bits per heavy atom. The first-order valence-corrected chi connectivity index (χ1v) is 6.37. The van der Waals surface area contributed by atoms with E-state index in [0.717, 1.165) is 16.2 Å². The summed E-state index contributed by atoms with van der Waals surface area (Å²) in [7, 11) is 0. The summed E-state index contributed by atoms with van der Waals surface area (Å²) in [5, 5.41) is 2.88. The standard InChI is InChI=1S/C12H19NO2S/c1-9(2)15-8-4-7-13-12(14)11-6-5-10(3)16-11/h5-6,9H,4,7-8H2,1-3H3,(H,13,14). The molecule has 0 saturated heterocycles. The van der Waals surface area contributed by atoms with Crippen LogP contribution in [0.3, 0.4) is 0 Å². The highest BCUT2D eigenvalue weighted by Gasteiger charge is 2.06. The first-order chi connectivity index (χ1) is 7.59. The highest BCUT2D eigenvalue weighted by Crippen LogP contribution is 2.14. The number of hydrogen-bond acceptors (Lipinski definition) is 3. The molecule has 0 aliphatic carbocycles. The molecule has 0 saturated carbocycles. The van der Waals surface area contributed by atoms with Gasteiger partial charge in [-0.05, 0) is 39.3 Å². The molecule has 3 nitrogen and oxygen atoms in total. The number of thiophene rings is 1. The lowest BCUT2D eigenvalue weighted by Gasteiger charge is -2.07. The molecule has 0 aliphatic heterocycles. The van der Waals surface area contributed by atoms with Gasteiger partial charge in [0, 0.05) is 18.0 Å². The number of hydrogen-bond donors (Lipinski definition) is 1. The molecule has 1 rings (SSSR count). The van der Waals surface area contributed by atoms with E-state index in [1.165, 1.54) is 11.3 Å². The first-order valence-electron chi connectivity index (χ1n) is 5.56. The average molecular weight is 241 g/mol. The van der Waals surface area contributed by atoms with Gasteiger partial charge in [0.05, 0.1) is 11.0 Å². The Balaban J connectivity index is 2.16. The minimum Gasteiger partial charge on any atom is -0.379 e. The van der Waals surface area contributed by atoms with Crippen molar-refractivity contribution < 1.29 is 9.53 Å². The van der Waals surface area contributed by atoms with Crippen molar-refractivity contribution >= 4 is 17.2 Å². The predicted octanol–water partition coefficient (Wildman–Crippen LogP) is 2.60. The van der Waals surface area contributed by atoms with Gasteiger partial charge in [0.25, 0.3) is 5.91 Å². The molecule has 0 unspecified atom stereocenters. The van der Waals surface area contributed by atoms with Crippen LogP contribution >= 0.6 is 11.3 Å². The van der Waals surface area contributed by atoms with Crippen LogP contribution in [0.1, 0.15) is 34.8 Å². The molecule has 0 atom stereocenters. The monoisotopic (exact) mass is 241 g/mol. The van der Waals surface area contributed by atoms with Crippen molar-refractivity contribution in [2.24, 2.45) is 0 Å². The fourth-order valence-corrected chi connectivity index (χ4v) is 2.02. The number of nitrogens with one attached hydrogen (secondary N) is 1. The van der Waals surface area contributed by atoms with Gasteiger partial charge in [-0.25, -0.2) is 0 Å². The molecule has 1 amide bonds. The fourth-order valence-electron chi connectivity index (χ4n) is 1.24. The van der Waals surface area contributed by atoms with E-state index in [1.807, 2.05) is 32.9 Å². The molecule has 16 heavy (non-hydrogen) atoms. The summed E-state index contributed by atoms with van der Waals surface area (Å²) >= 11 is 1.52. The second-order valence-corrected chi connectivity index (χ2v) is 5.23. The number of aryl methyl sites for hydroxylation is 1. The maximum absolute atomic E-state index is 11.6. The number of rotatable bonds is 6. The molecule has 4 heteroatoms. The van der Waals surface area contributed by atoms with Crippen LogP contribution in [0.5, 0.6) is 0 Å². The van der Waals surface area contributed by atoms with Gasteiger partial charge in [-0.3, -0.25) is 4.79 Å². The van der Waals surface area contributed by atoms with Gasteiger partial charge >= 0.3 is 0 Å². The van der Waals surface area contributed by atoms with Gasteiger partial charge in [-0.2, -0.15) is 0 Å². The zero-order valence-electron chi connectivity index (χ0n) is 10.1. The zero-order valence-corrected chi connectivity index (χ0v) is 10.9. The maximum Gasteiger partial charge on any atom is 0.261 e. The van der Waals surface area contributed by atoms with Crippen molar-refractivity contribution in [2.75, 3.05) is 13.2 Å². The molecule has 0 spiro atoms. The van der Waals surface area contributed by atoms with Gasteiger partial charge in [0.1, 0.15) is 0 Å². The predicted molar refractivity (Wildman–Crippen MR) is 67.1 cm³/mol. The van der Waals surface area contributed by atoms with Crippen LogP contribution in [-0.4, -0.2) is 25.2 Å². The van der Waals surface area contributed by atoms with Gasteiger partial charge < -0.3 is 10.1 Å². The van der Waals surface area contributed by atoms with Crippen molar-refractivity contribution in [2.45, 2.75) is 33.3 Å². The normalized spacial score (nSPS) is 10.8. The van der Waals surface area contributed by atoms with Gasteiger partial charge in [-0.1, -0.05) is 0 Å². The third-order valence-electron chi connectivity index (χ3n) is 2.02. The summed E-state index contributed by atoms with van der Waals surface area (Å²) in [5.41, 5.74) is 0. The lowest BCUT2D eigenvalue weighted by atomic mass is 10.4. The molecule has 1 N–H and O–H groups in total. The second-order valence-electron chi connectivity index (χ2n) is 3.94. The smallest absolute Gasteiger partial charge is 0.261 e. The molecule has 0 fully saturated rings. The average Bonchev–Trinajstić information content (AvgIpc) is 2.63. The molecular weight excluding hydrogens is 222 g/mol. The van der Waals surface area contributed by atoms with Gasteiger partial charge in [0.15, 0.2) is 0 Å². The van der Waals surface area contributed by atoms with E-state index in [2.05, 4.69) is 5.32 Å². The van der Waals surface area contributed by atoms with Crippen LogP contribution in [0.2, 0.25) is 0 Å². The van der Waals surface area contributed by atoms with Gasteiger partial charge in [-0.15, -0.1) is 11.3 Å². The molecule has 0 bridgehead atoms.